The molecule has 1 aliphatic rings. The highest BCUT2D eigenvalue weighted by atomic mass is 79.9. The van der Waals surface area contributed by atoms with Crippen molar-refractivity contribution in [3.63, 3.8) is 0 Å². The van der Waals surface area contributed by atoms with E-state index in [2.05, 4.69) is 21.2 Å². The molecule has 3 aromatic rings. The van der Waals surface area contributed by atoms with Crippen LogP contribution in [0.15, 0.2) is 81.8 Å². The van der Waals surface area contributed by atoms with Gasteiger partial charge in [0.2, 0.25) is 0 Å². The summed E-state index contributed by atoms with van der Waals surface area (Å²) >= 11 is 3.55. The molecule has 0 aromatic heterocycles. The topological polar surface area (TPSA) is 67.9 Å². The van der Waals surface area contributed by atoms with Gasteiger partial charge in [-0.3, -0.25) is 4.31 Å². The Morgan fingerprint density at radius 2 is 1.62 bits per heavy atom. The van der Waals surface area contributed by atoms with Crippen LogP contribution in [0.4, 0.5) is 11.4 Å². The number of para-hydroxylation sites is 2. The Bertz CT molecular complexity index is 1300. The predicted molar refractivity (Wildman–Crippen MR) is 131 cm³/mol. The average Bonchev–Trinajstić information content (AvgIpc) is 2.81. The molecule has 0 atom stereocenters. The van der Waals surface area contributed by atoms with Crippen LogP contribution in [-0.2, 0) is 10.0 Å². The fraction of sp³-hybridized carbons (Fsp3) is 0.167. The summed E-state index contributed by atoms with van der Waals surface area (Å²) in [5, 5.41) is 3.42. The molecule has 3 aromatic carbocycles. The van der Waals surface area contributed by atoms with Crippen LogP contribution in [-0.4, -0.2) is 29.2 Å². The third-order valence-electron chi connectivity index (χ3n) is 5.43. The van der Waals surface area contributed by atoms with Crippen molar-refractivity contribution in [2.24, 2.45) is 0 Å². The van der Waals surface area contributed by atoms with Crippen molar-refractivity contribution >= 4 is 42.9 Å². The van der Waals surface area contributed by atoms with Gasteiger partial charge in [-0.1, -0.05) is 30.3 Å². The minimum absolute atomic E-state index is 0.129. The van der Waals surface area contributed by atoms with Gasteiger partial charge in [-0.05, 0) is 58.8 Å². The van der Waals surface area contributed by atoms with Gasteiger partial charge in [0.25, 0.3) is 10.0 Å². The van der Waals surface area contributed by atoms with Crippen LogP contribution in [0.25, 0.3) is 5.57 Å². The highest BCUT2D eigenvalue weighted by Crippen LogP contribution is 2.39. The van der Waals surface area contributed by atoms with E-state index < -0.39 is 10.0 Å². The summed E-state index contributed by atoms with van der Waals surface area (Å²) in [4.78, 5) is 0.129. The molecule has 0 radical (unpaired) electrons. The van der Waals surface area contributed by atoms with Crippen molar-refractivity contribution in [2.75, 3.05) is 30.4 Å². The van der Waals surface area contributed by atoms with Gasteiger partial charge in [-0.15, -0.1) is 0 Å². The quantitative estimate of drug-likeness (QED) is 0.469. The largest absolute Gasteiger partial charge is 0.493 e. The van der Waals surface area contributed by atoms with Crippen molar-refractivity contribution in [1.82, 2.24) is 0 Å². The average molecular weight is 515 g/mol. The normalized spacial score (nSPS) is 13.6. The Balaban J connectivity index is 1.80. The molecule has 166 valence electrons. The van der Waals surface area contributed by atoms with Crippen molar-refractivity contribution in [2.45, 2.75) is 11.8 Å². The molecule has 0 saturated heterocycles. The van der Waals surface area contributed by atoms with Crippen molar-refractivity contribution in [3.05, 3.63) is 82.5 Å². The third-order valence-corrected chi connectivity index (χ3v) is 7.88. The summed E-state index contributed by atoms with van der Waals surface area (Å²) < 4.78 is 40.4. The van der Waals surface area contributed by atoms with Gasteiger partial charge in [-0.25, -0.2) is 8.42 Å². The molecule has 4 rings (SSSR count). The van der Waals surface area contributed by atoms with Crippen LogP contribution in [0.5, 0.6) is 11.5 Å². The number of nitrogens with one attached hydrogen (secondary N) is 1. The first-order valence-corrected chi connectivity index (χ1v) is 12.2. The first-order chi connectivity index (χ1) is 15.4. The van der Waals surface area contributed by atoms with Gasteiger partial charge >= 0.3 is 0 Å². The van der Waals surface area contributed by atoms with Crippen molar-refractivity contribution < 1.29 is 17.9 Å². The molecule has 0 bridgehead atoms. The number of benzene rings is 3. The first kappa shape index (κ1) is 22.2. The molecular formula is C24H23BrN2O4S. The van der Waals surface area contributed by atoms with E-state index in [4.69, 9.17) is 9.47 Å². The fourth-order valence-corrected chi connectivity index (χ4v) is 5.55. The molecule has 0 fully saturated rings. The van der Waals surface area contributed by atoms with Gasteiger partial charge in [-0.2, -0.15) is 0 Å². The lowest BCUT2D eigenvalue weighted by Gasteiger charge is -2.33. The Morgan fingerprint density at radius 3 is 2.34 bits per heavy atom. The SMILES string of the molecule is COc1ccc(S(=O)(=O)N2CC(Nc3ccccc3Br)=C(C)c3ccccc32)cc1OC. The van der Waals surface area contributed by atoms with Crippen LogP contribution in [0.1, 0.15) is 12.5 Å². The first-order valence-electron chi connectivity index (χ1n) is 9.92. The maximum absolute atomic E-state index is 13.8. The van der Waals surface area contributed by atoms with E-state index in [1.54, 1.807) is 6.07 Å². The number of ether oxygens (including phenoxy) is 2. The molecule has 6 nitrogen and oxygen atoms in total. The van der Waals surface area contributed by atoms with Crippen LogP contribution in [0, 0.1) is 0 Å². The van der Waals surface area contributed by atoms with Crippen molar-refractivity contribution in [1.29, 1.82) is 0 Å². The molecule has 32 heavy (non-hydrogen) atoms. The Hall–Kier alpha value is -2.97. The number of fused-ring (bicyclic) bond motifs is 1. The summed E-state index contributed by atoms with van der Waals surface area (Å²) in [6.45, 7) is 2.17. The number of rotatable bonds is 6. The number of hydrogen-bond acceptors (Lipinski definition) is 5. The summed E-state index contributed by atoms with van der Waals surface area (Å²) in [5.41, 5.74) is 4.16. The van der Waals surface area contributed by atoms with Gasteiger partial charge < -0.3 is 14.8 Å². The standard InChI is InChI=1S/C24H23BrN2O4S/c1-16-18-8-4-7-11-22(18)27(15-21(16)26-20-10-6-5-9-19(20)25)32(28,29)17-12-13-23(30-2)24(14-17)31-3/h4-14,26H,15H2,1-3H3. The van der Waals surface area contributed by atoms with E-state index in [9.17, 15) is 8.42 Å². The molecule has 1 N–H and O–H groups in total. The lowest BCUT2D eigenvalue weighted by molar-refractivity contribution is 0.354. The number of allylic oxidation sites excluding steroid dienone is 1. The zero-order valence-corrected chi connectivity index (χ0v) is 20.3. The Morgan fingerprint density at radius 1 is 0.938 bits per heavy atom. The lowest BCUT2D eigenvalue weighted by Crippen LogP contribution is -2.37. The molecule has 1 heterocycles. The number of halogens is 1. The number of nitrogens with zero attached hydrogens (tertiary/aromatic N) is 1. The molecule has 0 amide bonds. The monoisotopic (exact) mass is 514 g/mol. The van der Waals surface area contributed by atoms with E-state index in [0.717, 1.165) is 27.0 Å². The zero-order chi connectivity index (χ0) is 22.9. The van der Waals surface area contributed by atoms with Gasteiger partial charge in [0.1, 0.15) is 0 Å². The Kier molecular flexibility index (Phi) is 6.17. The van der Waals surface area contributed by atoms with Crippen molar-refractivity contribution in [3.8, 4) is 11.5 Å². The zero-order valence-electron chi connectivity index (χ0n) is 17.9. The summed E-state index contributed by atoms with van der Waals surface area (Å²) in [6.07, 6.45) is 0. The molecular weight excluding hydrogens is 492 g/mol. The lowest BCUT2D eigenvalue weighted by atomic mass is 9.99. The fourth-order valence-electron chi connectivity index (χ4n) is 3.70. The minimum atomic E-state index is -3.88. The Labute approximate surface area is 196 Å². The highest BCUT2D eigenvalue weighted by molar-refractivity contribution is 9.10. The molecule has 0 unspecified atom stereocenters. The minimum Gasteiger partial charge on any atom is -0.493 e. The van der Waals surface area contributed by atoms with E-state index in [1.807, 2.05) is 55.5 Å². The van der Waals surface area contributed by atoms with Gasteiger partial charge in [0.05, 0.1) is 37.0 Å². The number of hydrogen-bond donors (Lipinski definition) is 1. The van der Waals surface area contributed by atoms with E-state index in [-0.39, 0.29) is 11.4 Å². The molecule has 0 aliphatic carbocycles. The van der Waals surface area contributed by atoms with Crippen LogP contribution in [0.2, 0.25) is 0 Å². The van der Waals surface area contributed by atoms with E-state index in [1.165, 1.54) is 30.7 Å². The smallest absolute Gasteiger partial charge is 0.264 e. The number of sulfonamides is 1. The maximum atomic E-state index is 13.8. The van der Waals surface area contributed by atoms with Crippen LogP contribution >= 0.6 is 15.9 Å². The highest BCUT2D eigenvalue weighted by Gasteiger charge is 2.32. The maximum Gasteiger partial charge on any atom is 0.264 e. The predicted octanol–water partition coefficient (Wildman–Crippen LogP) is 5.52. The number of methoxy groups -OCH3 is 2. The van der Waals surface area contributed by atoms with Gasteiger partial charge in [0, 0.05) is 21.8 Å². The molecule has 0 saturated carbocycles. The van der Waals surface area contributed by atoms with E-state index >= 15 is 0 Å². The molecule has 0 spiro atoms. The van der Waals surface area contributed by atoms with Crippen LogP contribution < -0.4 is 19.1 Å². The third kappa shape index (κ3) is 3.96. The molecule has 8 heteroatoms. The van der Waals surface area contributed by atoms with Crippen LogP contribution in [0.3, 0.4) is 0 Å². The molecule has 1 aliphatic heterocycles. The number of anilines is 2. The second kappa shape index (κ2) is 8.88. The second-order valence-corrected chi connectivity index (χ2v) is 9.97. The summed E-state index contributed by atoms with van der Waals surface area (Å²) in [6, 6.07) is 19.9. The second-order valence-electron chi connectivity index (χ2n) is 7.25. The van der Waals surface area contributed by atoms with Gasteiger partial charge in [0.15, 0.2) is 11.5 Å². The van der Waals surface area contributed by atoms with E-state index in [0.29, 0.717) is 17.2 Å². The summed E-state index contributed by atoms with van der Waals surface area (Å²) in [5.74, 6) is 0.828. The summed E-state index contributed by atoms with van der Waals surface area (Å²) in [7, 11) is -0.883.